The van der Waals surface area contributed by atoms with Crippen LogP contribution in [0.4, 0.5) is 4.39 Å². The molecule has 0 fully saturated rings. The summed E-state index contributed by atoms with van der Waals surface area (Å²) in [6.45, 7) is 0. The molecule has 5 rings (SSSR count). The molecule has 1 aliphatic rings. The molecule has 26 heavy (non-hydrogen) atoms. The number of halogens is 1. The number of hydrogen-bond donors (Lipinski definition) is 0. The second kappa shape index (κ2) is 6.14. The highest BCUT2D eigenvalue weighted by Crippen LogP contribution is 2.42. The van der Waals surface area contributed by atoms with E-state index in [1.807, 2.05) is 12.1 Å². The number of nitrogens with zero attached hydrogens (tertiary/aromatic N) is 3. The van der Waals surface area contributed by atoms with Crippen molar-refractivity contribution in [3.63, 3.8) is 0 Å². The van der Waals surface area contributed by atoms with Gasteiger partial charge in [0.25, 0.3) is 0 Å². The van der Waals surface area contributed by atoms with Crippen LogP contribution >= 0.6 is 11.3 Å². The predicted octanol–water partition coefficient (Wildman–Crippen LogP) is 5.17. The summed E-state index contributed by atoms with van der Waals surface area (Å²) in [7, 11) is 0. The molecule has 0 unspecified atom stereocenters. The van der Waals surface area contributed by atoms with E-state index in [1.165, 1.54) is 22.6 Å². The number of aryl methyl sites for hydroxylation is 2. The number of rotatable bonds is 3. The zero-order chi connectivity index (χ0) is 17.5. The molecule has 0 radical (unpaired) electrons. The third-order valence-electron chi connectivity index (χ3n) is 4.46. The van der Waals surface area contributed by atoms with Crippen LogP contribution < -0.4 is 4.74 Å². The Labute approximate surface area is 153 Å². The molecule has 0 atom stereocenters. The molecule has 128 valence electrons. The Morgan fingerprint density at radius 3 is 2.88 bits per heavy atom. The first kappa shape index (κ1) is 15.4. The van der Waals surface area contributed by atoms with Crippen LogP contribution in [0.15, 0.2) is 48.8 Å². The average molecular weight is 363 g/mol. The average Bonchev–Trinajstić information content (AvgIpc) is 3.23. The van der Waals surface area contributed by atoms with Gasteiger partial charge in [-0.1, -0.05) is 6.07 Å². The maximum atomic E-state index is 13.6. The molecule has 0 aliphatic heterocycles. The molecule has 4 aromatic rings. The van der Waals surface area contributed by atoms with E-state index >= 15 is 0 Å². The zero-order valence-electron chi connectivity index (χ0n) is 13.8. The second-order valence-electron chi connectivity index (χ2n) is 6.19. The minimum atomic E-state index is -0.337. The van der Waals surface area contributed by atoms with Gasteiger partial charge in [-0.05, 0) is 49.1 Å². The van der Waals surface area contributed by atoms with Crippen LogP contribution in [-0.2, 0) is 12.8 Å². The maximum absolute atomic E-state index is 13.6. The SMILES string of the molecule is Fc1cccc(Oc2nc(-c3cccnc3)nc3sc4c(c23)CCC4)c1. The van der Waals surface area contributed by atoms with Crippen LogP contribution in [0.3, 0.4) is 0 Å². The van der Waals surface area contributed by atoms with E-state index in [4.69, 9.17) is 9.72 Å². The van der Waals surface area contributed by atoms with E-state index in [-0.39, 0.29) is 5.82 Å². The molecular weight excluding hydrogens is 349 g/mol. The van der Waals surface area contributed by atoms with Gasteiger partial charge in [0, 0.05) is 28.9 Å². The number of hydrogen-bond acceptors (Lipinski definition) is 5. The van der Waals surface area contributed by atoms with Gasteiger partial charge in [0.1, 0.15) is 16.4 Å². The van der Waals surface area contributed by atoms with Crippen LogP contribution in [-0.4, -0.2) is 15.0 Å². The number of aromatic nitrogens is 3. The highest BCUT2D eigenvalue weighted by atomic mass is 32.1. The fraction of sp³-hybridized carbons (Fsp3) is 0.150. The topological polar surface area (TPSA) is 47.9 Å². The molecule has 0 saturated heterocycles. The largest absolute Gasteiger partial charge is 0.438 e. The van der Waals surface area contributed by atoms with Crippen molar-refractivity contribution in [2.45, 2.75) is 19.3 Å². The third-order valence-corrected chi connectivity index (χ3v) is 5.65. The predicted molar refractivity (Wildman–Crippen MR) is 99.1 cm³/mol. The summed E-state index contributed by atoms with van der Waals surface area (Å²) in [5, 5.41) is 0.958. The van der Waals surface area contributed by atoms with Gasteiger partial charge in [0.15, 0.2) is 5.82 Å². The lowest BCUT2D eigenvalue weighted by atomic mass is 10.2. The maximum Gasteiger partial charge on any atom is 0.231 e. The van der Waals surface area contributed by atoms with Gasteiger partial charge in [-0.25, -0.2) is 9.37 Å². The third kappa shape index (κ3) is 2.63. The smallest absolute Gasteiger partial charge is 0.231 e. The molecule has 0 saturated carbocycles. The Hall–Kier alpha value is -2.86. The van der Waals surface area contributed by atoms with Crippen molar-refractivity contribution >= 4 is 21.6 Å². The molecule has 0 amide bonds. The van der Waals surface area contributed by atoms with Crippen LogP contribution in [0.2, 0.25) is 0 Å². The van der Waals surface area contributed by atoms with Gasteiger partial charge in [-0.2, -0.15) is 4.98 Å². The van der Waals surface area contributed by atoms with Crippen molar-refractivity contribution < 1.29 is 9.13 Å². The van der Waals surface area contributed by atoms with Gasteiger partial charge in [0.2, 0.25) is 5.88 Å². The molecule has 1 aromatic carbocycles. The summed E-state index contributed by atoms with van der Waals surface area (Å²) in [5.74, 6) is 1.15. The summed E-state index contributed by atoms with van der Waals surface area (Å²) in [6.07, 6.45) is 6.66. The summed E-state index contributed by atoms with van der Waals surface area (Å²) in [5.41, 5.74) is 2.10. The van der Waals surface area contributed by atoms with Crippen LogP contribution in [0.5, 0.6) is 11.6 Å². The summed E-state index contributed by atoms with van der Waals surface area (Å²) in [4.78, 5) is 15.8. The Kier molecular flexibility index (Phi) is 3.64. The van der Waals surface area contributed by atoms with E-state index < -0.39 is 0 Å². The quantitative estimate of drug-likeness (QED) is 0.504. The number of fused-ring (bicyclic) bond motifs is 3. The normalized spacial score (nSPS) is 13.1. The van der Waals surface area contributed by atoms with Gasteiger partial charge >= 0.3 is 0 Å². The molecular formula is C20H14FN3OS. The first-order chi connectivity index (χ1) is 12.8. The summed E-state index contributed by atoms with van der Waals surface area (Å²) < 4.78 is 19.6. The van der Waals surface area contributed by atoms with Crippen LogP contribution in [0, 0.1) is 5.82 Å². The molecule has 4 nitrogen and oxygen atoms in total. The van der Waals surface area contributed by atoms with Crippen LogP contribution in [0.1, 0.15) is 16.9 Å². The van der Waals surface area contributed by atoms with E-state index in [1.54, 1.807) is 35.9 Å². The van der Waals surface area contributed by atoms with E-state index in [9.17, 15) is 4.39 Å². The summed E-state index contributed by atoms with van der Waals surface area (Å²) >= 11 is 1.70. The minimum Gasteiger partial charge on any atom is -0.438 e. The highest BCUT2D eigenvalue weighted by Gasteiger charge is 2.24. The molecule has 0 spiro atoms. The Morgan fingerprint density at radius 1 is 1.08 bits per heavy atom. The molecule has 0 N–H and O–H groups in total. The Bertz CT molecular complexity index is 1110. The Balaban J connectivity index is 1.70. The van der Waals surface area contributed by atoms with Crippen molar-refractivity contribution in [1.29, 1.82) is 0 Å². The molecule has 6 heteroatoms. The lowest BCUT2D eigenvalue weighted by Gasteiger charge is -2.09. The monoisotopic (exact) mass is 363 g/mol. The first-order valence-corrected chi connectivity index (χ1v) is 9.26. The van der Waals surface area contributed by atoms with Gasteiger partial charge in [0.05, 0.1) is 5.39 Å². The minimum absolute atomic E-state index is 0.337. The number of ether oxygens (including phenoxy) is 1. The zero-order valence-corrected chi connectivity index (χ0v) is 14.6. The van der Waals surface area contributed by atoms with E-state index in [0.29, 0.717) is 17.5 Å². The second-order valence-corrected chi connectivity index (χ2v) is 7.27. The molecule has 0 bridgehead atoms. The lowest BCUT2D eigenvalue weighted by molar-refractivity contribution is 0.463. The number of thiophene rings is 1. The van der Waals surface area contributed by atoms with Gasteiger partial charge < -0.3 is 4.74 Å². The van der Waals surface area contributed by atoms with Crippen molar-refractivity contribution in [3.05, 3.63) is 65.0 Å². The first-order valence-electron chi connectivity index (χ1n) is 8.44. The van der Waals surface area contributed by atoms with Crippen molar-refractivity contribution in [2.75, 3.05) is 0 Å². The number of benzene rings is 1. The van der Waals surface area contributed by atoms with Gasteiger partial charge in [-0.15, -0.1) is 11.3 Å². The van der Waals surface area contributed by atoms with Gasteiger partial charge in [-0.3, -0.25) is 4.98 Å². The fourth-order valence-electron chi connectivity index (χ4n) is 3.30. The van der Waals surface area contributed by atoms with E-state index in [0.717, 1.165) is 35.0 Å². The van der Waals surface area contributed by atoms with Crippen molar-refractivity contribution in [2.24, 2.45) is 0 Å². The fourth-order valence-corrected chi connectivity index (χ4v) is 4.55. The van der Waals surface area contributed by atoms with Crippen molar-refractivity contribution in [1.82, 2.24) is 15.0 Å². The lowest BCUT2D eigenvalue weighted by Crippen LogP contribution is -1.96. The highest BCUT2D eigenvalue weighted by molar-refractivity contribution is 7.19. The molecule has 1 aliphatic carbocycles. The number of pyridine rings is 1. The molecule has 3 aromatic heterocycles. The standard InChI is InChI=1S/C20H14FN3OS/c21-13-5-1-6-14(10-13)25-19-17-15-7-2-8-16(15)26-20(17)24-18(23-19)12-4-3-9-22-11-12/h1,3-6,9-11H,2,7-8H2. The molecule has 3 heterocycles. The summed E-state index contributed by atoms with van der Waals surface area (Å²) in [6, 6.07) is 9.89. The Morgan fingerprint density at radius 2 is 2.04 bits per heavy atom. The van der Waals surface area contributed by atoms with Crippen molar-refractivity contribution in [3.8, 4) is 23.0 Å². The van der Waals surface area contributed by atoms with E-state index in [2.05, 4.69) is 9.97 Å². The van der Waals surface area contributed by atoms with Crippen LogP contribution in [0.25, 0.3) is 21.6 Å².